The third-order valence-corrected chi connectivity index (χ3v) is 3.52. The zero-order chi connectivity index (χ0) is 17.6. The molecule has 1 aromatic heterocycles. The molecule has 0 fully saturated rings. The van der Waals surface area contributed by atoms with Crippen molar-refractivity contribution in [1.29, 1.82) is 0 Å². The van der Waals surface area contributed by atoms with E-state index in [1.54, 1.807) is 37.4 Å². The normalized spacial score (nSPS) is 10.8. The van der Waals surface area contributed by atoms with Gasteiger partial charge in [-0.3, -0.25) is 0 Å². The first-order valence-electron chi connectivity index (χ1n) is 7.66. The van der Waals surface area contributed by atoms with Crippen molar-refractivity contribution < 1.29 is 28.2 Å². The van der Waals surface area contributed by atoms with Gasteiger partial charge in [0, 0.05) is 12.5 Å². The number of furan rings is 1. The second-order valence-corrected chi connectivity index (χ2v) is 5.23. The Kier molecular flexibility index (Phi) is 5.33. The molecule has 6 nitrogen and oxygen atoms in total. The number of hydrogen-bond donors (Lipinski definition) is 0. The molecule has 2 aromatic carbocycles. The number of fused-ring (bicyclic) bond motifs is 1. The van der Waals surface area contributed by atoms with Crippen LogP contribution in [0.1, 0.15) is 16.1 Å². The van der Waals surface area contributed by atoms with Crippen molar-refractivity contribution in [1.82, 2.24) is 0 Å². The maximum atomic E-state index is 11.9. The summed E-state index contributed by atoms with van der Waals surface area (Å²) in [5.74, 6) is 1.10. The Morgan fingerprint density at radius 3 is 2.64 bits per heavy atom. The molecule has 1 heterocycles. The number of hydrogen-bond acceptors (Lipinski definition) is 6. The molecule has 0 N–H and O–H groups in total. The standard InChI is InChI=1S/C19H18O6/c1-21-12-23-11-14-10-13-6-5-9-17(18(13)24-14)25-16-8-4-3-7-15(16)19(20)22-2/h3-10H,11-12H2,1-2H3. The predicted octanol–water partition coefficient (Wildman–Crippen LogP) is 4.13. The first-order valence-corrected chi connectivity index (χ1v) is 7.66. The zero-order valence-electron chi connectivity index (χ0n) is 14.0. The van der Waals surface area contributed by atoms with Gasteiger partial charge in [0.05, 0.1) is 7.11 Å². The number of esters is 1. The van der Waals surface area contributed by atoms with Gasteiger partial charge in [-0.25, -0.2) is 4.79 Å². The van der Waals surface area contributed by atoms with Gasteiger partial charge >= 0.3 is 5.97 Å². The van der Waals surface area contributed by atoms with Crippen LogP contribution in [0.25, 0.3) is 11.0 Å². The van der Waals surface area contributed by atoms with Gasteiger partial charge in [-0.2, -0.15) is 0 Å². The zero-order valence-corrected chi connectivity index (χ0v) is 14.0. The van der Waals surface area contributed by atoms with Gasteiger partial charge in [0.1, 0.15) is 30.5 Å². The van der Waals surface area contributed by atoms with E-state index in [1.807, 2.05) is 18.2 Å². The highest BCUT2D eigenvalue weighted by molar-refractivity contribution is 5.93. The Bertz CT molecular complexity index is 867. The van der Waals surface area contributed by atoms with Crippen LogP contribution in [0.3, 0.4) is 0 Å². The lowest BCUT2D eigenvalue weighted by Gasteiger charge is -2.10. The third kappa shape index (κ3) is 3.81. The number of methoxy groups -OCH3 is 2. The number of carbonyl (C=O) groups excluding carboxylic acids is 1. The fourth-order valence-electron chi connectivity index (χ4n) is 2.42. The average molecular weight is 342 g/mol. The van der Waals surface area contributed by atoms with Crippen LogP contribution >= 0.6 is 0 Å². The molecule has 0 radical (unpaired) electrons. The lowest BCUT2D eigenvalue weighted by molar-refractivity contribution is -0.0437. The Balaban J connectivity index is 1.90. The van der Waals surface area contributed by atoms with E-state index in [2.05, 4.69) is 0 Å². The number of carbonyl (C=O) groups is 1. The molecule has 0 unspecified atom stereocenters. The third-order valence-electron chi connectivity index (χ3n) is 3.52. The average Bonchev–Trinajstić information content (AvgIpc) is 3.06. The molecule has 0 bridgehead atoms. The van der Waals surface area contributed by atoms with Crippen molar-refractivity contribution in [3.63, 3.8) is 0 Å². The molecule has 0 saturated carbocycles. The van der Waals surface area contributed by atoms with Crippen molar-refractivity contribution in [3.8, 4) is 11.5 Å². The van der Waals surface area contributed by atoms with E-state index in [0.29, 0.717) is 35.0 Å². The van der Waals surface area contributed by atoms with Gasteiger partial charge in [-0.05, 0) is 24.3 Å². The molecule has 3 rings (SSSR count). The second kappa shape index (κ2) is 7.83. The Labute approximate surface area is 144 Å². The summed E-state index contributed by atoms with van der Waals surface area (Å²) in [7, 11) is 2.89. The summed E-state index contributed by atoms with van der Waals surface area (Å²) in [4.78, 5) is 11.9. The van der Waals surface area contributed by atoms with Crippen molar-refractivity contribution in [2.24, 2.45) is 0 Å². The predicted molar refractivity (Wildman–Crippen MR) is 90.7 cm³/mol. The maximum absolute atomic E-state index is 11.9. The van der Waals surface area contributed by atoms with Crippen molar-refractivity contribution in [3.05, 3.63) is 59.9 Å². The van der Waals surface area contributed by atoms with Crippen LogP contribution in [0.5, 0.6) is 11.5 Å². The fourth-order valence-corrected chi connectivity index (χ4v) is 2.42. The van der Waals surface area contributed by atoms with Crippen LogP contribution in [0, 0.1) is 0 Å². The Morgan fingerprint density at radius 2 is 1.84 bits per heavy atom. The summed E-state index contributed by atoms with van der Waals surface area (Å²) in [6.45, 7) is 0.480. The number of rotatable bonds is 7. The van der Waals surface area contributed by atoms with Crippen molar-refractivity contribution in [2.75, 3.05) is 21.0 Å². The van der Waals surface area contributed by atoms with E-state index < -0.39 is 5.97 Å². The van der Waals surface area contributed by atoms with Gasteiger partial charge in [0.15, 0.2) is 11.3 Å². The number of benzene rings is 2. The first-order chi connectivity index (χ1) is 12.2. The SMILES string of the molecule is COCOCc1cc2cccc(Oc3ccccc3C(=O)OC)c2o1. The van der Waals surface area contributed by atoms with Crippen molar-refractivity contribution >= 4 is 16.9 Å². The molecule has 0 aliphatic rings. The van der Waals surface area contributed by atoms with Crippen molar-refractivity contribution in [2.45, 2.75) is 6.61 Å². The summed E-state index contributed by atoms with van der Waals surface area (Å²) in [6, 6.07) is 14.3. The molecule has 0 amide bonds. The quantitative estimate of drug-likeness (QED) is 0.365. The molecule has 0 spiro atoms. The Hall–Kier alpha value is -2.83. The molecule has 25 heavy (non-hydrogen) atoms. The van der Waals surface area contributed by atoms with E-state index in [0.717, 1.165) is 5.39 Å². The Morgan fingerprint density at radius 1 is 1.04 bits per heavy atom. The van der Waals surface area contributed by atoms with Crippen LogP contribution < -0.4 is 4.74 Å². The molecule has 0 atom stereocenters. The molecular weight excluding hydrogens is 324 g/mol. The summed E-state index contributed by atoms with van der Waals surface area (Å²) >= 11 is 0. The van der Waals surface area contributed by atoms with E-state index >= 15 is 0 Å². The summed E-state index contributed by atoms with van der Waals surface area (Å²) in [5, 5.41) is 0.879. The largest absolute Gasteiger partial charge is 0.465 e. The molecule has 6 heteroatoms. The number of ether oxygens (including phenoxy) is 4. The van der Waals surface area contributed by atoms with Gasteiger partial charge in [-0.15, -0.1) is 0 Å². The summed E-state index contributed by atoms with van der Waals surface area (Å²) < 4.78 is 26.7. The minimum Gasteiger partial charge on any atom is -0.465 e. The van der Waals surface area contributed by atoms with Gasteiger partial charge in [0.25, 0.3) is 0 Å². The smallest absolute Gasteiger partial charge is 0.341 e. The van der Waals surface area contributed by atoms with E-state index in [-0.39, 0.29) is 6.79 Å². The van der Waals surface area contributed by atoms with Crippen LogP contribution in [0.4, 0.5) is 0 Å². The van der Waals surface area contributed by atoms with Crippen LogP contribution in [-0.4, -0.2) is 27.0 Å². The highest BCUT2D eigenvalue weighted by Gasteiger charge is 2.15. The van der Waals surface area contributed by atoms with E-state index in [9.17, 15) is 4.79 Å². The topological polar surface area (TPSA) is 67.1 Å². The molecule has 0 aliphatic heterocycles. The highest BCUT2D eigenvalue weighted by Crippen LogP contribution is 2.33. The molecule has 130 valence electrons. The van der Waals surface area contributed by atoms with Crippen LogP contribution in [0.15, 0.2) is 52.9 Å². The molecular formula is C19H18O6. The van der Waals surface area contributed by atoms with E-state index in [4.69, 9.17) is 23.4 Å². The summed E-state index contributed by atoms with van der Waals surface area (Å²) in [6.07, 6.45) is 0. The fraction of sp³-hybridized carbons (Fsp3) is 0.211. The minimum atomic E-state index is -0.462. The van der Waals surface area contributed by atoms with E-state index in [1.165, 1.54) is 7.11 Å². The van der Waals surface area contributed by atoms with Gasteiger partial charge in [-0.1, -0.05) is 24.3 Å². The second-order valence-electron chi connectivity index (χ2n) is 5.23. The van der Waals surface area contributed by atoms with Crippen LogP contribution in [-0.2, 0) is 20.8 Å². The molecule has 0 aliphatic carbocycles. The van der Waals surface area contributed by atoms with Gasteiger partial charge in [0.2, 0.25) is 0 Å². The minimum absolute atomic E-state index is 0.187. The lowest BCUT2D eigenvalue weighted by Crippen LogP contribution is -2.03. The first kappa shape index (κ1) is 17.0. The summed E-state index contributed by atoms with van der Waals surface area (Å²) in [5.41, 5.74) is 0.926. The lowest BCUT2D eigenvalue weighted by atomic mass is 10.2. The maximum Gasteiger partial charge on any atom is 0.341 e. The monoisotopic (exact) mass is 342 g/mol. The molecule has 0 saturated heterocycles. The highest BCUT2D eigenvalue weighted by atomic mass is 16.7. The van der Waals surface area contributed by atoms with Gasteiger partial charge < -0.3 is 23.4 Å². The molecule has 3 aromatic rings. The van der Waals surface area contributed by atoms with Crippen LogP contribution in [0.2, 0.25) is 0 Å². The number of para-hydroxylation sites is 2.